The number of aryl methyl sites for hydroxylation is 1. The normalized spacial score (nSPS) is 14.7. The monoisotopic (exact) mass is 683 g/mol. The van der Waals surface area contributed by atoms with Crippen molar-refractivity contribution in [1.29, 1.82) is 0 Å². The third-order valence-electron chi connectivity index (χ3n) is 7.93. The molecule has 1 saturated heterocycles. The molecule has 0 spiro atoms. The van der Waals surface area contributed by atoms with Crippen molar-refractivity contribution < 1.29 is 28.1 Å². The fourth-order valence-corrected chi connectivity index (χ4v) is 7.04. The van der Waals surface area contributed by atoms with E-state index in [2.05, 4.69) is 36.7 Å². The standard InChI is InChI=1S/C37H41N5O6S/c1-29-13-21-48-35(29)37(45)39-33-8-5-7-30(26-33)11-12-31-25-32(28-38-27-31)36(44)40-49(46,34-9-3-2-4-10-34)24-6-14-41-15-17-42(18-16-41)19-22-47-23-20-43/h2-5,7-10,13,21,24-28,43H,6,14-20,22-23H2,1H3,(H,39,45)(H,40,44,46). The number of aromatic nitrogens is 1. The predicted octanol–water partition coefficient (Wildman–Crippen LogP) is 3.44. The van der Waals surface area contributed by atoms with Gasteiger partial charge >= 0.3 is 0 Å². The lowest BCUT2D eigenvalue weighted by Gasteiger charge is -2.34. The van der Waals surface area contributed by atoms with E-state index in [9.17, 15) is 13.8 Å². The number of pyridine rings is 1. The fraction of sp³-hybridized carbons (Fsp3) is 0.297. The van der Waals surface area contributed by atoms with Crippen LogP contribution in [0.15, 0.2) is 94.7 Å². The maximum Gasteiger partial charge on any atom is 0.291 e. The van der Waals surface area contributed by atoms with Crippen molar-refractivity contribution >= 4 is 32.6 Å². The zero-order valence-electron chi connectivity index (χ0n) is 27.5. The van der Waals surface area contributed by atoms with Crippen LogP contribution in [0.25, 0.3) is 0 Å². The number of rotatable bonds is 13. The summed E-state index contributed by atoms with van der Waals surface area (Å²) in [5, 5.41) is 13.4. The summed E-state index contributed by atoms with van der Waals surface area (Å²) >= 11 is 0. The summed E-state index contributed by atoms with van der Waals surface area (Å²) in [7, 11) is -3.05. The number of benzene rings is 2. The molecule has 1 fully saturated rings. The molecule has 1 aliphatic heterocycles. The molecule has 2 aromatic heterocycles. The summed E-state index contributed by atoms with van der Waals surface area (Å²) in [4.78, 5) is 35.4. The average molecular weight is 684 g/mol. The van der Waals surface area contributed by atoms with E-state index in [1.54, 1.807) is 73.1 Å². The Bertz CT molecular complexity index is 1900. The number of carbonyl (C=O) groups is 2. The Kier molecular flexibility index (Phi) is 12.7. The van der Waals surface area contributed by atoms with Crippen LogP contribution in [0.1, 0.15) is 44.0 Å². The molecule has 11 nitrogen and oxygen atoms in total. The molecule has 0 saturated carbocycles. The van der Waals surface area contributed by atoms with Crippen molar-refractivity contribution in [3.63, 3.8) is 0 Å². The second kappa shape index (κ2) is 17.6. The maximum atomic E-state index is 14.3. The molecule has 12 heteroatoms. The van der Waals surface area contributed by atoms with Gasteiger partial charge in [-0.15, -0.1) is 0 Å². The lowest BCUT2D eigenvalue weighted by Crippen LogP contribution is -2.47. The number of hydrogen-bond acceptors (Lipinski definition) is 9. The first-order chi connectivity index (χ1) is 23.8. The zero-order chi connectivity index (χ0) is 34.5. The zero-order valence-corrected chi connectivity index (χ0v) is 28.3. The van der Waals surface area contributed by atoms with Gasteiger partial charge in [-0.25, -0.2) is 4.21 Å². The Labute approximate surface area is 287 Å². The van der Waals surface area contributed by atoms with Crippen LogP contribution in [0.3, 0.4) is 0 Å². The number of nitrogens with zero attached hydrogens (tertiary/aromatic N) is 3. The van der Waals surface area contributed by atoms with E-state index in [4.69, 9.17) is 14.3 Å². The van der Waals surface area contributed by atoms with Gasteiger partial charge in [-0.3, -0.25) is 24.2 Å². The Morgan fingerprint density at radius 1 is 0.939 bits per heavy atom. The number of carbonyl (C=O) groups excluding carboxylic acids is 2. The third-order valence-corrected chi connectivity index (χ3v) is 10.1. The van der Waals surface area contributed by atoms with E-state index < -0.39 is 15.6 Å². The van der Waals surface area contributed by atoms with Crippen molar-refractivity contribution in [1.82, 2.24) is 19.5 Å². The molecule has 0 radical (unpaired) electrons. The van der Waals surface area contributed by atoms with Crippen molar-refractivity contribution in [2.75, 3.05) is 64.4 Å². The molecule has 3 heterocycles. The smallest absolute Gasteiger partial charge is 0.291 e. The number of furan rings is 1. The Morgan fingerprint density at radius 3 is 2.43 bits per heavy atom. The van der Waals surface area contributed by atoms with Crippen LogP contribution in [-0.2, 0) is 14.4 Å². The predicted molar refractivity (Wildman–Crippen MR) is 190 cm³/mol. The van der Waals surface area contributed by atoms with Crippen molar-refractivity contribution in [3.8, 4) is 11.8 Å². The summed E-state index contributed by atoms with van der Waals surface area (Å²) in [6.45, 7) is 7.92. The Hall–Kier alpha value is -4.77. The highest BCUT2D eigenvalue weighted by Crippen LogP contribution is 2.16. The highest BCUT2D eigenvalue weighted by molar-refractivity contribution is 8.00. The molecule has 3 N–H and O–H groups in total. The van der Waals surface area contributed by atoms with Crippen LogP contribution < -0.4 is 10.0 Å². The molecule has 1 aliphatic rings. The van der Waals surface area contributed by atoms with E-state index in [1.807, 2.05) is 12.1 Å². The van der Waals surface area contributed by atoms with E-state index in [0.717, 1.165) is 38.3 Å². The van der Waals surface area contributed by atoms with E-state index in [1.165, 1.54) is 12.5 Å². The number of anilines is 1. The number of hydrogen-bond donors (Lipinski definition) is 3. The van der Waals surface area contributed by atoms with Crippen LogP contribution in [0.4, 0.5) is 5.69 Å². The Morgan fingerprint density at radius 2 is 1.69 bits per heavy atom. The number of nitrogens with one attached hydrogen (secondary N) is 2. The second-order valence-corrected chi connectivity index (χ2v) is 13.7. The van der Waals surface area contributed by atoms with Crippen LogP contribution in [-0.4, -0.2) is 100 Å². The molecule has 0 aliphatic carbocycles. The highest BCUT2D eigenvalue weighted by Gasteiger charge is 2.19. The first-order valence-corrected chi connectivity index (χ1v) is 17.8. The van der Waals surface area contributed by atoms with Gasteiger partial charge in [-0.2, -0.15) is 0 Å². The van der Waals surface area contributed by atoms with Gasteiger partial charge in [0, 0.05) is 78.9 Å². The summed E-state index contributed by atoms with van der Waals surface area (Å²) in [5.41, 5.74) is 2.69. The van der Waals surface area contributed by atoms with Gasteiger partial charge in [-0.05, 0) is 61.2 Å². The van der Waals surface area contributed by atoms with E-state index in [-0.39, 0.29) is 23.8 Å². The SMILES string of the molecule is Cc1ccoc1C(=O)Nc1cccc(C#Cc2cncc(C(=O)NS(=O)(=CCCN3CCN(CCOCCO)CC3)c3ccccc3)c2)c1. The third kappa shape index (κ3) is 10.4. The topological polar surface area (TPSA) is 137 Å². The summed E-state index contributed by atoms with van der Waals surface area (Å²) in [6, 6.07) is 19.4. The molecule has 5 rings (SSSR count). The quantitative estimate of drug-likeness (QED) is 0.110. The highest BCUT2D eigenvalue weighted by atomic mass is 32.2. The summed E-state index contributed by atoms with van der Waals surface area (Å²) < 4.78 is 27.7. The lowest BCUT2D eigenvalue weighted by atomic mass is 10.1. The first-order valence-electron chi connectivity index (χ1n) is 16.1. The molecule has 4 aromatic rings. The number of aliphatic hydroxyl groups is 1. The van der Waals surface area contributed by atoms with Gasteiger partial charge in [0.05, 0.1) is 41.4 Å². The van der Waals surface area contributed by atoms with Crippen LogP contribution in [0, 0.1) is 18.8 Å². The number of aliphatic hydroxyl groups excluding tert-OH is 1. The van der Waals surface area contributed by atoms with Gasteiger partial charge in [0.15, 0.2) is 5.76 Å². The fourth-order valence-electron chi connectivity index (χ4n) is 5.26. The van der Waals surface area contributed by atoms with E-state index in [0.29, 0.717) is 47.9 Å². The van der Waals surface area contributed by atoms with Crippen molar-refractivity contribution in [3.05, 3.63) is 113 Å². The van der Waals surface area contributed by atoms with Gasteiger partial charge in [-0.1, -0.05) is 36.1 Å². The van der Waals surface area contributed by atoms with Crippen molar-refractivity contribution in [2.45, 2.75) is 18.2 Å². The molecular weight excluding hydrogens is 643 g/mol. The largest absolute Gasteiger partial charge is 0.459 e. The van der Waals surface area contributed by atoms with Crippen LogP contribution in [0.5, 0.6) is 0 Å². The minimum absolute atomic E-state index is 0.0306. The minimum Gasteiger partial charge on any atom is -0.459 e. The Balaban J connectivity index is 1.22. The van der Waals surface area contributed by atoms with Crippen molar-refractivity contribution in [2.24, 2.45) is 0 Å². The molecule has 2 amide bonds. The van der Waals surface area contributed by atoms with Crippen LogP contribution in [0.2, 0.25) is 0 Å². The molecule has 2 aromatic carbocycles. The van der Waals surface area contributed by atoms with Gasteiger partial charge in [0.1, 0.15) is 0 Å². The summed E-state index contributed by atoms with van der Waals surface area (Å²) in [6.07, 6.45) is 4.97. The lowest BCUT2D eigenvalue weighted by molar-refractivity contribution is 0.0581. The molecule has 49 heavy (non-hydrogen) atoms. The molecule has 1 atom stereocenters. The summed E-state index contributed by atoms with van der Waals surface area (Å²) in [5.74, 6) is 5.47. The molecule has 0 bridgehead atoms. The van der Waals surface area contributed by atoms with Gasteiger partial charge < -0.3 is 24.5 Å². The number of piperazine rings is 1. The second-order valence-electron chi connectivity index (χ2n) is 11.5. The first kappa shape index (κ1) is 35.5. The average Bonchev–Trinajstić information content (AvgIpc) is 3.56. The molecule has 256 valence electrons. The number of amides is 2. The molecular formula is C37H41N5O6S. The maximum absolute atomic E-state index is 14.3. The van der Waals surface area contributed by atoms with Gasteiger partial charge in [0.25, 0.3) is 11.8 Å². The van der Waals surface area contributed by atoms with E-state index >= 15 is 0 Å². The minimum atomic E-state index is -3.05. The van der Waals surface area contributed by atoms with Crippen LogP contribution >= 0.6 is 0 Å². The number of ether oxygens (including phenoxy) is 1. The molecule has 1 unspecified atom stereocenters. The van der Waals surface area contributed by atoms with Gasteiger partial charge in [0.2, 0.25) is 0 Å².